The zero-order valence-corrected chi connectivity index (χ0v) is 18.6. The van der Waals surface area contributed by atoms with Crippen LogP contribution in [0, 0.1) is 0 Å². The average molecular weight is 472 g/mol. The molecule has 3 aromatic carbocycles. The van der Waals surface area contributed by atoms with E-state index in [0.717, 1.165) is 4.90 Å². The van der Waals surface area contributed by atoms with Crippen LogP contribution in [-0.4, -0.2) is 42.7 Å². The summed E-state index contributed by atoms with van der Waals surface area (Å²) in [5.74, 6) is -2.93. The molecule has 0 radical (unpaired) electrons. The van der Waals surface area contributed by atoms with Crippen molar-refractivity contribution in [3.05, 3.63) is 94.5 Å². The third kappa shape index (κ3) is 4.65. The number of carbonyl (C=O) groups is 5. The highest BCUT2D eigenvalue weighted by Gasteiger charge is 2.37. The minimum absolute atomic E-state index is 0.0227. The molecule has 3 aromatic rings. The van der Waals surface area contributed by atoms with Gasteiger partial charge in [0.15, 0.2) is 12.4 Å². The Morgan fingerprint density at radius 2 is 1.31 bits per heavy atom. The molecular formula is C26H20N2O7. The van der Waals surface area contributed by atoms with Crippen molar-refractivity contribution in [2.24, 2.45) is 0 Å². The molecule has 2 amide bonds. The van der Waals surface area contributed by atoms with E-state index in [9.17, 15) is 24.0 Å². The fourth-order valence-corrected chi connectivity index (χ4v) is 3.53. The van der Waals surface area contributed by atoms with Gasteiger partial charge in [0.2, 0.25) is 0 Å². The van der Waals surface area contributed by atoms with Gasteiger partial charge in [-0.05, 0) is 73.7 Å². The molecule has 1 aliphatic rings. The van der Waals surface area contributed by atoms with E-state index in [1.165, 1.54) is 54.6 Å². The van der Waals surface area contributed by atoms with Crippen LogP contribution in [0.5, 0.6) is 0 Å². The lowest BCUT2D eigenvalue weighted by Gasteiger charge is -2.14. The summed E-state index contributed by atoms with van der Waals surface area (Å²) in [5, 5.41) is 0. The number of carbonyl (C=O) groups excluding carboxylic acids is 5. The monoisotopic (exact) mass is 472 g/mol. The Balaban J connectivity index is 1.48. The van der Waals surface area contributed by atoms with Crippen LogP contribution in [0.25, 0.3) is 0 Å². The second kappa shape index (κ2) is 9.60. The molecule has 35 heavy (non-hydrogen) atoms. The summed E-state index contributed by atoms with van der Waals surface area (Å²) < 4.78 is 10.0. The number of hydrogen-bond donors (Lipinski definition) is 1. The lowest BCUT2D eigenvalue weighted by Crippen LogP contribution is -2.29. The van der Waals surface area contributed by atoms with Gasteiger partial charge in [0.1, 0.15) is 0 Å². The summed E-state index contributed by atoms with van der Waals surface area (Å²) in [7, 11) is 0. The van der Waals surface area contributed by atoms with E-state index in [4.69, 9.17) is 15.2 Å². The Kier molecular flexibility index (Phi) is 6.41. The van der Waals surface area contributed by atoms with Crippen LogP contribution < -0.4 is 10.6 Å². The second-order valence-corrected chi connectivity index (χ2v) is 7.59. The van der Waals surface area contributed by atoms with Gasteiger partial charge in [-0.1, -0.05) is 0 Å². The Labute approximate surface area is 200 Å². The minimum atomic E-state index is -0.811. The Bertz CT molecular complexity index is 1350. The van der Waals surface area contributed by atoms with Gasteiger partial charge in [0.05, 0.1) is 34.5 Å². The number of benzene rings is 3. The normalized spacial score (nSPS) is 12.3. The van der Waals surface area contributed by atoms with Crippen LogP contribution in [0.15, 0.2) is 66.7 Å². The molecule has 0 unspecified atom stereocenters. The van der Waals surface area contributed by atoms with E-state index >= 15 is 0 Å². The summed E-state index contributed by atoms with van der Waals surface area (Å²) in [6.45, 7) is 1.41. The highest BCUT2D eigenvalue weighted by molar-refractivity contribution is 6.34. The number of anilines is 2. The number of nitrogens with zero attached hydrogens (tertiary/aromatic N) is 1. The van der Waals surface area contributed by atoms with Crippen LogP contribution in [0.1, 0.15) is 58.7 Å². The number of Topliss-reactive ketones (excluding diaryl/α,β-unsaturated/α-hetero) is 1. The highest BCUT2D eigenvalue weighted by atomic mass is 16.5. The van der Waals surface area contributed by atoms with Crippen molar-refractivity contribution >= 4 is 40.9 Å². The average Bonchev–Trinajstić information content (AvgIpc) is 3.12. The molecular weight excluding hydrogens is 452 g/mol. The molecule has 4 rings (SSSR count). The second-order valence-electron chi connectivity index (χ2n) is 7.59. The van der Waals surface area contributed by atoms with Crippen molar-refractivity contribution in [3.63, 3.8) is 0 Å². The van der Waals surface area contributed by atoms with Crippen molar-refractivity contribution in [1.82, 2.24) is 0 Å². The smallest absolute Gasteiger partial charge is 0.338 e. The Hall–Kier alpha value is -4.79. The van der Waals surface area contributed by atoms with Gasteiger partial charge in [0, 0.05) is 11.3 Å². The van der Waals surface area contributed by atoms with Gasteiger partial charge in [0.25, 0.3) is 11.8 Å². The number of fused-ring (bicyclic) bond motifs is 1. The first-order valence-corrected chi connectivity index (χ1v) is 10.7. The van der Waals surface area contributed by atoms with Crippen LogP contribution >= 0.6 is 0 Å². The molecule has 1 heterocycles. The van der Waals surface area contributed by atoms with Crippen molar-refractivity contribution in [3.8, 4) is 0 Å². The van der Waals surface area contributed by atoms with Crippen LogP contribution in [0.3, 0.4) is 0 Å². The maximum Gasteiger partial charge on any atom is 0.338 e. The van der Waals surface area contributed by atoms with Gasteiger partial charge in [-0.15, -0.1) is 0 Å². The molecule has 1 aliphatic heterocycles. The lowest BCUT2D eigenvalue weighted by atomic mass is 10.1. The molecule has 0 spiro atoms. The standard InChI is InChI=1S/C26H20N2O7/c1-2-34-25(32)16-5-10-19(11-6-16)28-23(30)20-12-7-17(13-21(20)24(28)31)26(33)35-14-22(29)15-3-8-18(27)9-4-15/h3-13H,2,14,27H2,1H3. The number of ketones is 1. The van der Waals surface area contributed by atoms with Crippen molar-refractivity contribution in [1.29, 1.82) is 0 Å². The largest absolute Gasteiger partial charge is 0.462 e. The fourth-order valence-electron chi connectivity index (χ4n) is 3.53. The molecule has 2 N–H and O–H groups in total. The predicted molar refractivity (Wildman–Crippen MR) is 125 cm³/mol. The molecule has 9 nitrogen and oxygen atoms in total. The number of hydrogen-bond acceptors (Lipinski definition) is 8. The van der Waals surface area contributed by atoms with Gasteiger partial charge in [-0.25, -0.2) is 14.5 Å². The fraction of sp³-hybridized carbons (Fsp3) is 0.115. The number of rotatable bonds is 7. The highest BCUT2D eigenvalue weighted by Crippen LogP contribution is 2.29. The first-order valence-electron chi connectivity index (χ1n) is 10.7. The maximum absolute atomic E-state index is 13.0. The Morgan fingerprint density at radius 3 is 1.97 bits per heavy atom. The van der Waals surface area contributed by atoms with Crippen molar-refractivity contribution in [2.75, 3.05) is 23.8 Å². The molecule has 0 atom stereocenters. The number of esters is 2. The van der Waals surface area contributed by atoms with Crippen LogP contribution in [0.4, 0.5) is 11.4 Å². The minimum Gasteiger partial charge on any atom is -0.462 e. The third-order valence-electron chi connectivity index (χ3n) is 5.33. The maximum atomic E-state index is 13.0. The molecule has 9 heteroatoms. The molecule has 0 aliphatic carbocycles. The molecule has 0 saturated carbocycles. The molecule has 0 aromatic heterocycles. The van der Waals surface area contributed by atoms with Gasteiger partial charge < -0.3 is 15.2 Å². The van der Waals surface area contributed by atoms with E-state index in [-0.39, 0.29) is 34.5 Å². The van der Waals surface area contributed by atoms with Gasteiger partial charge in [-0.3, -0.25) is 14.4 Å². The first-order chi connectivity index (χ1) is 16.8. The van der Waals surface area contributed by atoms with E-state index < -0.39 is 36.1 Å². The summed E-state index contributed by atoms with van der Waals surface area (Å²) in [5.41, 5.74) is 7.16. The quantitative estimate of drug-likeness (QED) is 0.240. The van der Waals surface area contributed by atoms with Gasteiger partial charge >= 0.3 is 11.9 Å². The van der Waals surface area contributed by atoms with E-state index in [0.29, 0.717) is 11.3 Å². The summed E-state index contributed by atoms with van der Waals surface area (Å²) in [6.07, 6.45) is 0. The molecule has 0 saturated heterocycles. The summed E-state index contributed by atoms with van der Waals surface area (Å²) in [6, 6.07) is 16.0. The van der Waals surface area contributed by atoms with Crippen molar-refractivity contribution < 1.29 is 33.4 Å². The number of nitrogen functional groups attached to an aromatic ring is 1. The zero-order valence-electron chi connectivity index (χ0n) is 18.6. The van der Waals surface area contributed by atoms with Gasteiger partial charge in [-0.2, -0.15) is 0 Å². The van der Waals surface area contributed by atoms with Crippen LogP contribution in [0.2, 0.25) is 0 Å². The molecule has 0 fully saturated rings. The zero-order chi connectivity index (χ0) is 25.1. The van der Waals surface area contributed by atoms with Crippen molar-refractivity contribution in [2.45, 2.75) is 6.92 Å². The van der Waals surface area contributed by atoms with E-state index in [1.54, 1.807) is 19.1 Å². The number of ether oxygens (including phenoxy) is 2. The third-order valence-corrected chi connectivity index (χ3v) is 5.33. The lowest BCUT2D eigenvalue weighted by molar-refractivity contribution is 0.0474. The first kappa shape index (κ1) is 23.4. The van der Waals surface area contributed by atoms with Crippen LogP contribution in [-0.2, 0) is 9.47 Å². The summed E-state index contributed by atoms with van der Waals surface area (Å²) >= 11 is 0. The number of nitrogens with two attached hydrogens (primary N) is 1. The molecule has 0 bridgehead atoms. The number of amides is 2. The summed E-state index contributed by atoms with van der Waals surface area (Å²) in [4.78, 5) is 63.3. The number of imide groups is 1. The SMILES string of the molecule is CCOC(=O)c1ccc(N2C(=O)c3ccc(C(=O)OCC(=O)c4ccc(N)cc4)cc3C2=O)cc1. The molecule has 176 valence electrons. The Morgan fingerprint density at radius 1 is 0.743 bits per heavy atom. The predicted octanol–water partition coefficient (Wildman–Crippen LogP) is 3.29. The topological polar surface area (TPSA) is 133 Å². The van der Waals surface area contributed by atoms with E-state index in [1.807, 2.05) is 0 Å². The van der Waals surface area contributed by atoms with E-state index in [2.05, 4.69) is 0 Å².